The second-order valence-corrected chi connectivity index (χ2v) is 13.3. The number of amides is 1. The summed E-state index contributed by atoms with van der Waals surface area (Å²) in [7, 11) is 0. The molecule has 1 aromatic heterocycles. The number of benzene rings is 2. The Kier molecular flexibility index (Phi) is 13.4. The molecule has 3 heterocycles. The molecule has 1 unspecified atom stereocenters. The lowest BCUT2D eigenvalue weighted by Gasteiger charge is -2.25. The second kappa shape index (κ2) is 18.1. The van der Waals surface area contributed by atoms with Crippen molar-refractivity contribution in [3.05, 3.63) is 77.1 Å². The summed E-state index contributed by atoms with van der Waals surface area (Å²) in [6, 6.07) is 15.8. The summed E-state index contributed by atoms with van der Waals surface area (Å²) in [6.45, 7) is 0.831. The van der Waals surface area contributed by atoms with Crippen LogP contribution in [0.3, 0.4) is 0 Å². The predicted molar refractivity (Wildman–Crippen MR) is 182 cm³/mol. The maximum Gasteiger partial charge on any atom is 0.406 e. The molecule has 2 aromatic carbocycles. The number of nitrogens with one attached hydrogen (secondary N) is 1. The minimum absolute atomic E-state index is 0.163. The van der Waals surface area contributed by atoms with Gasteiger partial charge in [-0.1, -0.05) is 74.9 Å². The lowest BCUT2D eigenvalue weighted by atomic mass is 9.94. The number of hydrogen-bond donors (Lipinski definition) is 1. The molecule has 8 nitrogen and oxygen atoms in total. The fourth-order valence-corrected chi connectivity index (χ4v) is 6.65. The number of nitrogens with zero attached hydrogens (tertiary/aromatic N) is 3. The summed E-state index contributed by atoms with van der Waals surface area (Å²) in [5.74, 6) is -0.797. The van der Waals surface area contributed by atoms with Crippen LogP contribution in [0.5, 0.6) is 5.75 Å². The number of carbonyl (C=O) groups excluding carboxylic acids is 2. The van der Waals surface area contributed by atoms with Gasteiger partial charge in [0.2, 0.25) is 11.9 Å². The quantitative estimate of drug-likeness (QED) is 0.110. The highest BCUT2D eigenvalue weighted by Crippen LogP contribution is 2.30. The molecule has 0 aliphatic carbocycles. The van der Waals surface area contributed by atoms with E-state index in [4.69, 9.17) is 9.47 Å². The van der Waals surface area contributed by atoms with Crippen LogP contribution in [-0.2, 0) is 46.7 Å². The molecule has 1 amide bonds. The summed E-state index contributed by atoms with van der Waals surface area (Å²) < 4.78 is 54.0. The van der Waals surface area contributed by atoms with Crippen molar-refractivity contribution < 1.29 is 32.2 Å². The average Bonchev–Trinajstić information content (AvgIpc) is 3.45. The van der Waals surface area contributed by atoms with Crippen LogP contribution >= 0.6 is 0 Å². The predicted octanol–water partition coefficient (Wildman–Crippen LogP) is 7.68. The molecule has 0 spiro atoms. The standard InChI is InChI=1S/C38H49F3N4O4/c39-38(40,41)28-45-26-32-24-34(48-22-18-33-27-44-20-12-19-42-37(44)43-33)17-16-30(32)23-31(36(45)47)25-35(46)49-21-11-6-4-2-1-3-5-8-13-29-14-9-7-10-15-29/h7,9-10,14-17,24,27,31H,1-6,8,11-13,18-23,25-26,28H2,(H,42,43). The molecule has 0 radical (unpaired) electrons. The largest absolute Gasteiger partial charge is 0.493 e. The van der Waals surface area contributed by atoms with Crippen molar-refractivity contribution in [3.8, 4) is 5.75 Å². The van der Waals surface area contributed by atoms with Gasteiger partial charge in [0.15, 0.2) is 0 Å². The summed E-state index contributed by atoms with van der Waals surface area (Å²) in [6.07, 6.45) is 8.78. The first-order valence-electron chi connectivity index (χ1n) is 17.8. The van der Waals surface area contributed by atoms with Gasteiger partial charge in [-0.2, -0.15) is 13.2 Å². The summed E-state index contributed by atoms with van der Waals surface area (Å²) in [5, 5.41) is 3.27. The van der Waals surface area contributed by atoms with Gasteiger partial charge < -0.3 is 24.3 Å². The van der Waals surface area contributed by atoms with Gasteiger partial charge in [-0.3, -0.25) is 9.59 Å². The van der Waals surface area contributed by atoms with Crippen LogP contribution < -0.4 is 10.1 Å². The van der Waals surface area contributed by atoms with Crippen LogP contribution in [-0.4, -0.2) is 58.8 Å². The zero-order chi connectivity index (χ0) is 34.5. The van der Waals surface area contributed by atoms with E-state index in [9.17, 15) is 22.8 Å². The third-order valence-corrected chi connectivity index (χ3v) is 9.23. The molecule has 11 heteroatoms. The molecule has 0 fully saturated rings. The van der Waals surface area contributed by atoms with E-state index in [2.05, 4.69) is 39.1 Å². The van der Waals surface area contributed by atoms with E-state index in [1.54, 1.807) is 18.2 Å². The number of hydrogen-bond acceptors (Lipinski definition) is 6. The van der Waals surface area contributed by atoms with Crippen LogP contribution in [0.4, 0.5) is 19.1 Å². The second-order valence-electron chi connectivity index (χ2n) is 13.3. The number of halogens is 3. The number of fused-ring (bicyclic) bond motifs is 2. The van der Waals surface area contributed by atoms with Crippen molar-refractivity contribution >= 4 is 17.8 Å². The Hall–Kier alpha value is -4.02. The highest BCUT2D eigenvalue weighted by atomic mass is 19.4. The number of aromatic nitrogens is 2. The Morgan fingerprint density at radius 1 is 0.918 bits per heavy atom. The number of esters is 1. The highest BCUT2D eigenvalue weighted by Gasteiger charge is 2.38. The van der Waals surface area contributed by atoms with E-state index in [1.807, 2.05) is 12.3 Å². The molecule has 1 atom stereocenters. The van der Waals surface area contributed by atoms with Gasteiger partial charge in [-0.25, -0.2) is 4.98 Å². The molecule has 0 saturated heterocycles. The molecule has 266 valence electrons. The average molecular weight is 683 g/mol. The number of ether oxygens (including phenoxy) is 2. The van der Waals surface area contributed by atoms with Crippen molar-refractivity contribution in [2.75, 3.05) is 31.6 Å². The Balaban J connectivity index is 1.04. The number of unbranched alkanes of at least 4 members (excludes halogenated alkanes) is 7. The molecule has 49 heavy (non-hydrogen) atoms. The van der Waals surface area contributed by atoms with E-state index in [0.29, 0.717) is 24.3 Å². The van der Waals surface area contributed by atoms with E-state index in [-0.39, 0.29) is 26.0 Å². The van der Waals surface area contributed by atoms with E-state index < -0.39 is 30.5 Å². The van der Waals surface area contributed by atoms with Gasteiger partial charge in [-0.05, 0) is 60.9 Å². The van der Waals surface area contributed by atoms with Crippen molar-refractivity contribution in [1.82, 2.24) is 14.5 Å². The number of carbonyl (C=O) groups is 2. The van der Waals surface area contributed by atoms with Gasteiger partial charge in [0.1, 0.15) is 12.3 Å². The lowest BCUT2D eigenvalue weighted by molar-refractivity contribution is -0.165. The minimum Gasteiger partial charge on any atom is -0.493 e. The Bertz CT molecular complexity index is 1470. The smallest absolute Gasteiger partial charge is 0.406 e. The minimum atomic E-state index is -4.57. The molecule has 0 bridgehead atoms. The molecule has 2 aliphatic heterocycles. The van der Waals surface area contributed by atoms with Gasteiger partial charge >= 0.3 is 12.1 Å². The van der Waals surface area contributed by atoms with Crippen molar-refractivity contribution in [2.24, 2.45) is 5.92 Å². The fourth-order valence-electron chi connectivity index (χ4n) is 6.65. The van der Waals surface area contributed by atoms with E-state index in [0.717, 1.165) is 73.7 Å². The first kappa shape index (κ1) is 36.3. The number of aryl methyl sites for hydroxylation is 2. The van der Waals surface area contributed by atoms with Crippen LogP contribution in [0.1, 0.15) is 86.6 Å². The van der Waals surface area contributed by atoms with Gasteiger partial charge in [0.25, 0.3) is 0 Å². The van der Waals surface area contributed by atoms with Gasteiger partial charge in [-0.15, -0.1) is 0 Å². The first-order valence-corrected chi connectivity index (χ1v) is 17.8. The third kappa shape index (κ3) is 11.8. The molecular formula is C38H49F3N4O4. The number of imidazole rings is 1. The molecule has 0 saturated carbocycles. The van der Waals surface area contributed by atoms with Crippen molar-refractivity contribution in [3.63, 3.8) is 0 Å². The highest BCUT2D eigenvalue weighted by molar-refractivity contribution is 5.84. The fraction of sp³-hybridized carbons (Fsp3) is 0.553. The van der Waals surface area contributed by atoms with Crippen LogP contribution in [0.25, 0.3) is 0 Å². The van der Waals surface area contributed by atoms with Gasteiger partial charge in [0, 0.05) is 32.3 Å². The van der Waals surface area contributed by atoms with Crippen molar-refractivity contribution in [2.45, 2.75) is 103 Å². The molecule has 5 rings (SSSR count). The lowest BCUT2D eigenvalue weighted by Crippen LogP contribution is -2.41. The maximum atomic E-state index is 13.5. The molecule has 2 aliphatic rings. The summed E-state index contributed by atoms with van der Waals surface area (Å²) in [4.78, 5) is 31.4. The molecule has 1 N–H and O–H groups in total. The van der Waals surface area contributed by atoms with E-state index >= 15 is 0 Å². The third-order valence-electron chi connectivity index (χ3n) is 9.23. The number of rotatable bonds is 18. The zero-order valence-corrected chi connectivity index (χ0v) is 28.3. The molecule has 3 aromatic rings. The summed E-state index contributed by atoms with van der Waals surface area (Å²) in [5.41, 5.74) is 3.61. The normalized spacial score (nSPS) is 16.0. The van der Waals surface area contributed by atoms with Gasteiger partial charge in [0.05, 0.1) is 31.2 Å². The summed E-state index contributed by atoms with van der Waals surface area (Å²) >= 11 is 0. The van der Waals surface area contributed by atoms with Crippen molar-refractivity contribution in [1.29, 1.82) is 0 Å². The topological polar surface area (TPSA) is 85.7 Å². The maximum absolute atomic E-state index is 13.5. The Morgan fingerprint density at radius 2 is 1.67 bits per heavy atom. The number of anilines is 1. The monoisotopic (exact) mass is 682 g/mol. The van der Waals surface area contributed by atoms with Crippen LogP contribution in [0.2, 0.25) is 0 Å². The number of alkyl halides is 3. The first-order chi connectivity index (χ1) is 23.7. The Morgan fingerprint density at radius 3 is 2.43 bits per heavy atom. The molecular weight excluding hydrogens is 633 g/mol. The van der Waals surface area contributed by atoms with E-state index in [1.165, 1.54) is 31.2 Å². The van der Waals surface area contributed by atoms with Crippen LogP contribution in [0.15, 0.2) is 54.7 Å². The van der Waals surface area contributed by atoms with Crippen LogP contribution in [0, 0.1) is 5.92 Å². The Labute approximate surface area is 287 Å². The zero-order valence-electron chi connectivity index (χ0n) is 28.3. The SMILES string of the molecule is O=C(CC1Cc2ccc(OCCc3cn4c(n3)NCCC4)cc2CN(CC(F)(F)F)C1=O)OCCCCCCCCCCc1ccccc1.